The van der Waals surface area contributed by atoms with Gasteiger partial charge in [0.25, 0.3) is 0 Å². The van der Waals surface area contributed by atoms with Gasteiger partial charge in [-0.25, -0.2) is 4.98 Å². The molecule has 0 fully saturated rings. The SMILES string of the molecule is Clc1nc(C(Cl)Cl)ns1. The maximum Gasteiger partial charge on any atom is 0.203 e. The molecule has 2 nitrogen and oxygen atoms in total. The Morgan fingerprint density at radius 2 is 2.11 bits per heavy atom. The zero-order chi connectivity index (χ0) is 6.85. The van der Waals surface area contributed by atoms with Crippen LogP contribution in [-0.2, 0) is 0 Å². The molecule has 0 saturated heterocycles. The van der Waals surface area contributed by atoms with Crippen molar-refractivity contribution in [3.05, 3.63) is 10.3 Å². The van der Waals surface area contributed by atoms with Crippen molar-refractivity contribution in [2.45, 2.75) is 4.84 Å². The van der Waals surface area contributed by atoms with E-state index in [-0.39, 0.29) is 0 Å². The number of rotatable bonds is 1. The number of hydrogen-bond acceptors (Lipinski definition) is 3. The van der Waals surface area contributed by atoms with E-state index in [9.17, 15) is 0 Å². The van der Waals surface area contributed by atoms with Gasteiger partial charge in [-0.2, -0.15) is 4.37 Å². The fourth-order valence-electron chi connectivity index (χ4n) is 0.304. The first-order chi connectivity index (χ1) is 4.20. The lowest BCUT2D eigenvalue weighted by atomic mass is 10.7. The minimum absolute atomic E-state index is 0.358. The molecule has 50 valence electrons. The molecule has 6 heteroatoms. The first-order valence-corrected chi connectivity index (χ1v) is 4.00. The zero-order valence-corrected chi connectivity index (χ0v) is 7.10. The van der Waals surface area contributed by atoms with Crippen LogP contribution in [-0.4, -0.2) is 9.36 Å². The Morgan fingerprint density at radius 1 is 1.44 bits per heavy atom. The Hall–Kier alpha value is 0.430. The summed E-state index contributed by atoms with van der Waals surface area (Å²) in [7, 11) is 0. The summed E-state index contributed by atoms with van der Waals surface area (Å²) in [6.07, 6.45) is 0. The maximum atomic E-state index is 5.43. The topological polar surface area (TPSA) is 25.8 Å². The Bertz CT molecular complexity index is 199. The van der Waals surface area contributed by atoms with Crippen molar-refractivity contribution in [3.63, 3.8) is 0 Å². The van der Waals surface area contributed by atoms with Crippen LogP contribution in [0.25, 0.3) is 0 Å². The van der Waals surface area contributed by atoms with E-state index < -0.39 is 4.84 Å². The minimum Gasteiger partial charge on any atom is -0.205 e. The summed E-state index contributed by atoms with van der Waals surface area (Å²) in [4.78, 5) is 3.05. The summed E-state index contributed by atoms with van der Waals surface area (Å²) >= 11 is 17.3. The highest BCUT2D eigenvalue weighted by molar-refractivity contribution is 7.10. The van der Waals surface area contributed by atoms with Crippen LogP contribution in [0, 0.1) is 0 Å². The summed E-state index contributed by atoms with van der Waals surface area (Å²) < 4.78 is 4.11. The highest BCUT2D eigenvalue weighted by atomic mass is 35.5. The molecule has 0 unspecified atom stereocenters. The van der Waals surface area contributed by atoms with Gasteiger partial charge in [-0.3, -0.25) is 0 Å². The van der Waals surface area contributed by atoms with E-state index in [2.05, 4.69) is 9.36 Å². The number of aromatic nitrogens is 2. The molecule has 0 aromatic carbocycles. The average Bonchev–Trinajstić information content (AvgIpc) is 2.14. The first kappa shape index (κ1) is 7.54. The van der Waals surface area contributed by atoms with Crippen molar-refractivity contribution in [3.8, 4) is 0 Å². The van der Waals surface area contributed by atoms with E-state index >= 15 is 0 Å². The lowest BCUT2D eigenvalue weighted by Crippen LogP contribution is -1.82. The van der Waals surface area contributed by atoms with Crippen molar-refractivity contribution >= 4 is 46.3 Å². The fraction of sp³-hybridized carbons (Fsp3) is 0.333. The Labute approximate surface area is 70.9 Å². The van der Waals surface area contributed by atoms with Crippen LogP contribution in [0.1, 0.15) is 10.7 Å². The molecule has 0 spiro atoms. The third-order valence-corrected chi connectivity index (χ3v) is 1.81. The summed E-state index contributed by atoms with van der Waals surface area (Å²) in [5.74, 6) is 0.369. The molecule has 0 radical (unpaired) electrons. The van der Waals surface area contributed by atoms with Gasteiger partial charge >= 0.3 is 0 Å². The van der Waals surface area contributed by atoms with Crippen LogP contribution in [0.15, 0.2) is 0 Å². The quantitative estimate of drug-likeness (QED) is 0.656. The Kier molecular flexibility index (Phi) is 2.52. The number of halogens is 3. The molecule has 0 aliphatic heterocycles. The van der Waals surface area contributed by atoms with E-state index in [1.165, 1.54) is 0 Å². The summed E-state index contributed by atoms with van der Waals surface area (Å²) in [5, 5.41) is 0. The largest absolute Gasteiger partial charge is 0.205 e. The van der Waals surface area contributed by atoms with Crippen molar-refractivity contribution in [2.24, 2.45) is 0 Å². The molecule has 1 aromatic heterocycles. The van der Waals surface area contributed by atoms with Crippen LogP contribution >= 0.6 is 46.3 Å². The van der Waals surface area contributed by atoms with Gasteiger partial charge in [0.15, 0.2) is 10.7 Å². The minimum atomic E-state index is -0.672. The third-order valence-electron chi connectivity index (χ3n) is 0.612. The number of alkyl halides is 2. The van der Waals surface area contributed by atoms with Gasteiger partial charge < -0.3 is 0 Å². The van der Waals surface area contributed by atoms with E-state index in [1.54, 1.807) is 0 Å². The van der Waals surface area contributed by atoms with Crippen LogP contribution in [0.2, 0.25) is 4.47 Å². The second-order valence-corrected chi connectivity index (χ2v) is 3.64. The molecule has 9 heavy (non-hydrogen) atoms. The predicted octanol–water partition coefficient (Wildman–Crippen LogP) is 2.67. The average molecular weight is 203 g/mol. The number of hydrogen-bond donors (Lipinski definition) is 0. The molecular weight excluding hydrogens is 202 g/mol. The monoisotopic (exact) mass is 202 g/mol. The predicted molar refractivity (Wildman–Crippen MR) is 39.4 cm³/mol. The Morgan fingerprint density at radius 3 is 2.33 bits per heavy atom. The van der Waals surface area contributed by atoms with Crippen molar-refractivity contribution < 1.29 is 0 Å². The molecule has 1 aromatic rings. The van der Waals surface area contributed by atoms with Crippen LogP contribution in [0.5, 0.6) is 0 Å². The van der Waals surface area contributed by atoms with Crippen molar-refractivity contribution in [1.29, 1.82) is 0 Å². The molecule has 0 aliphatic carbocycles. The van der Waals surface area contributed by atoms with Crippen LogP contribution < -0.4 is 0 Å². The molecule has 0 saturated carbocycles. The van der Waals surface area contributed by atoms with Crippen LogP contribution in [0.3, 0.4) is 0 Å². The van der Waals surface area contributed by atoms with Crippen molar-refractivity contribution in [2.75, 3.05) is 0 Å². The molecule has 0 N–H and O–H groups in total. The van der Waals surface area contributed by atoms with Gasteiger partial charge in [0.05, 0.1) is 0 Å². The molecule has 0 amide bonds. The molecule has 0 aliphatic rings. The van der Waals surface area contributed by atoms with E-state index in [1.807, 2.05) is 0 Å². The third kappa shape index (κ3) is 1.93. The van der Waals surface area contributed by atoms with Gasteiger partial charge in [-0.1, -0.05) is 23.2 Å². The standard InChI is InChI=1S/C3HCl3N2S/c4-1(5)2-7-3(6)9-8-2/h1H. The summed E-state index contributed by atoms with van der Waals surface area (Å²) in [6, 6.07) is 0. The second kappa shape index (κ2) is 3.01. The molecule has 0 bridgehead atoms. The van der Waals surface area contributed by atoms with Gasteiger partial charge in [0.2, 0.25) is 4.47 Å². The highest BCUT2D eigenvalue weighted by Crippen LogP contribution is 2.24. The van der Waals surface area contributed by atoms with Gasteiger partial charge in [-0.05, 0) is 23.1 Å². The fourth-order valence-corrected chi connectivity index (χ4v) is 1.25. The molecule has 1 heterocycles. The summed E-state index contributed by atoms with van der Waals surface area (Å²) in [6.45, 7) is 0. The lowest BCUT2D eigenvalue weighted by Gasteiger charge is -1.87. The molecular formula is C3HCl3N2S. The molecule has 1 rings (SSSR count). The Balaban J connectivity index is 2.85. The van der Waals surface area contributed by atoms with E-state index in [0.717, 1.165) is 11.5 Å². The zero-order valence-electron chi connectivity index (χ0n) is 4.01. The summed E-state index contributed by atoms with van der Waals surface area (Å²) in [5.41, 5.74) is 0. The van der Waals surface area contributed by atoms with Gasteiger partial charge in [0, 0.05) is 0 Å². The normalized spacial score (nSPS) is 10.7. The number of nitrogens with zero attached hydrogens (tertiary/aromatic N) is 2. The maximum absolute atomic E-state index is 5.43. The van der Waals surface area contributed by atoms with Crippen LogP contribution in [0.4, 0.5) is 0 Å². The first-order valence-electron chi connectivity index (χ1n) is 1.97. The van der Waals surface area contributed by atoms with Crippen molar-refractivity contribution in [1.82, 2.24) is 9.36 Å². The highest BCUT2D eigenvalue weighted by Gasteiger charge is 2.08. The smallest absolute Gasteiger partial charge is 0.203 e. The van der Waals surface area contributed by atoms with E-state index in [0.29, 0.717) is 10.3 Å². The molecule has 0 atom stereocenters. The van der Waals surface area contributed by atoms with E-state index in [4.69, 9.17) is 34.8 Å². The van der Waals surface area contributed by atoms with Gasteiger partial charge in [0.1, 0.15) is 0 Å². The second-order valence-electron chi connectivity index (χ2n) is 1.21. The lowest BCUT2D eigenvalue weighted by molar-refractivity contribution is 1.11. The van der Waals surface area contributed by atoms with Gasteiger partial charge in [-0.15, -0.1) is 0 Å².